The van der Waals surface area contributed by atoms with Crippen LogP contribution in [0.25, 0.3) is 0 Å². The highest BCUT2D eigenvalue weighted by Gasteiger charge is 2.21. The molecular formula is C13H17NO4. The predicted molar refractivity (Wildman–Crippen MR) is 66.7 cm³/mol. The number of carbonyl (C=O) groups is 2. The van der Waals surface area contributed by atoms with Gasteiger partial charge in [0, 0.05) is 6.54 Å². The number of benzene rings is 1. The van der Waals surface area contributed by atoms with Crippen molar-refractivity contribution in [2.45, 2.75) is 19.8 Å². The molecular weight excluding hydrogens is 234 g/mol. The Morgan fingerprint density at radius 3 is 2.44 bits per heavy atom. The van der Waals surface area contributed by atoms with Gasteiger partial charge in [0.2, 0.25) is 0 Å². The van der Waals surface area contributed by atoms with Crippen LogP contribution in [0, 0.1) is 13.8 Å². The molecule has 0 saturated heterocycles. The van der Waals surface area contributed by atoms with E-state index in [1.165, 1.54) is 7.11 Å². The summed E-state index contributed by atoms with van der Waals surface area (Å²) in [5, 5.41) is 9.08. The zero-order chi connectivity index (χ0) is 13.9. The van der Waals surface area contributed by atoms with Gasteiger partial charge in [0.15, 0.2) is 0 Å². The lowest BCUT2D eigenvalue weighted by atomic mass is 9.92. The summed E-state index contributed by atoms with van der Waals surface area (Å²) in [5.41, 5.74) is 7.98. The quantitative estimate of drug-likeness (QED) is 0.785. The topological polar surface area (TPSA) is 89.6 Å². The van der Waals surface area contributed by atoms with Crippen molar-refractivity contribution in [1.82, 2.24) is 0 Å². The SMILES string of the molecule is COC(=O)c1cc(C(CN)C(=O)O)cc(C)c1C. The Morgan fingerprint density at radius 1 is 1.39 bits per heavy atom. The van der Waals surface area contributed by atoms with E-state index in [0.717, 1.165) is 11.1 Å². The third kappa shape index (κ3) is 2.68. The van der Waals surface area contributed by atoms with Crippen LogP contribution < -0.4 is 5.73 Å². The van der Waals surface area contributed by atoms with E-state index in [-0.39, 0.29) is 6.54 Å². The smallest absolute Gasteiger partial charge is 0.338 e. The molecule has 0 saturated carbocycles. The number of carboxylic acid groups (broad SMARTS) is 1. The first-order chi connectivity index (χ1) is 8.42. The Kier molecular flexibility index (Phi) is 4.44. The molecule has 1 aromatic rings. The van der Waals surface area contributed by atoms with Crippen LogP contribution in [-0.2, 0) is 9.53 Å². The lowest BCUT2D eigenvalue weighted by molar-refractivity contribution is -0.138. The number of carboxylic acids is 1. The van der Waals surface area contributed by atoms with Gasteiger partial charge in [-0.3, -0.25) is 4.79 Å². The summed E-state index contributed by atoms with van der Waals surface area (Å²) in [6, 6.07) is 3.28. The molecule has 5 heteroatoms. The molecule has 98 valence electrons. The molecule has 0 aliphatic rings. The molecule has 1 rings (SSSR count). The Balaban J connectivity index is 3.36. The van der Waals surface area contributed by atoms with Crippen LogP contribution in [-0.4, -0.2) is 30.7 Å². The fourth-order valence-electron chi connectivity index (χ4n) is 1.79. The van der Waals surface area contributed by atoms with Gasteiger partial charge in [-0.05, 0) is 36.6 Å². The van der Waals surface area contributed by atoms with Crippen molar-refractivity contribution < 1.29 is 19.4 Å². The summed E-state index contributed by atoms with van der Waals surface area (Å²) < 4.78 is 4.68. The minimum absolute atomic E-state index is 0.0154. The number of aliphatic carboxylic acids is 1. The number of hydrogen-bond donors (Lipinski definition) is 2. The summed E-state index contributed by atoms with van der Waals surface area (Å²) in [6.45, 7) is 3.60. The number of ether oxygens (including phenoxy) is 1. The molecule has 0 fully saturated rings. The number of esters is 1. The van der Waals surface area contributed by atoms with Crippen LogP contribution in [0.15, 0.2) is 12.1 Å². The first-order valence-electron chi connectivity index (χ1n) is 5.54. The van der Waals surface area contributed by atoms with Crippen LogP contribution in [0.2, 0.25) is 0 Å². The van der Waals surface area contributed by atoms with E-state index in [1.54, 1.807) is 19.1 Å². The normalized spacial score (nSPS) is 12.0. The van der Waals surface area contributed by atoms with Crippen LogP contribution >= 0.6 is 0 Å². The molecule has 0 aliphatic heterocycles. The lowest BCUT2D eigenvalue weighted by Crippen LogP contribution is -2.22. The van der Waals surface area contributed by atoms with Crippen molar-refractivity contribution in [3.05, 3.63) is 34.4 Å². The van der Waals surface area contributed by atoms with Crippen LogP contribution in [0.1, 0.15) is 33.0 Å². The summed E-state index contributed by atoms with van der Waals surface area (Å²) in [7, 11) is 1.29. The molecule has 0 radical (unpaired) electrons. The van der Waals surface area contributed by atoms with E-state index >= 15 is 0 Å². The van der Waals surface area contributed by atoms with Gasteiger partial charge in [-0.2, -0.15) is 0 Å². The van der Waals surface area contributed by atoms with Crippen molar-refractivity contribution in [3.63, 3.8) is 0 Å². The van der Waals surface area contributed by atoms with E-state index < -0.39 is 17.9 Å². The summed E-state index contributed by atoms with van der Waals surface area (Å²) in [5.74, 6) is -2.29. The fraction of sp³-hybridized carbons (Fsp3) is 0.385. The van der Waals surface area contributed by atoms with E-state index in [4.69, 9.17) is 10.8 Å². The molecule has 0 bridgehead atoms. The lowest BCUT2D eigenvalue weighted by Gasteiger charge is -2.15. The standard InChI is InChI=1S/C13H17NO4/c1-7-4-9(11(6-14)12(15)16)5-10(8(7)2)13(17)18-3/h4-5,11H,6,14H2,1-3H3,(H,15,16). The highest BCUT2D eigenvalue weighted by molar-refractivity contribution is 5.92. The van der Waals surface area contributed by atoms with Crippen molar-refractivity contribution in [2.24, 2.45) is 5.73 Å². The van der Waals surface area contributed by atoms with Crippen molar-refractivity contribution in [1.29, 1.82) is 0 Å². The second kappa shape index (κ2) is 5.64. The molecule has 1 atom stereocenters. The average molecular weight is 251 g/mol. The van der Waals surface area contributed by atoms with Gasteiger partial charge in [0.05, 0.1) is 18.6 Å². The summed E-state index contributed by atoms with van der Waals surface area (Å²) in [6.07, 6.45) is 0. The predicted octanol–water partition coefficient (Wildman–Crippen LogP) is 1.22. The second-order valence-electron chi connectivity index (χ2n) is 4.13. The fourth-order valence-corrected chi connectivity index (χ4v) is 1.79. The zero-order valence-corrected chi connectivity index (χ0v) is 10.7. The number of hydrogen-bond acceptors (Lipinski definition) is 4. The van der Waals surface area contributed by atoms with Gasteiger partial charge in [0.1, 0.15) is 0 Å². The molecule has 0 heterocycles. The minimum atomic E-state index is -1.00. The van der Waals surface area contributed by atoms with Gasteiger partial charge in [-0.25, -0.2) is 4.79 Å². The molecule has 0 aliphatic carbocycles. The van der Waals surface area contributed by atoms with Crippen molar-refractivity contribution >= 4 is 11.9 Å². The molecule has 0 amide bonds. The Morgan fingerprint density at radius 2 is 2.00 bits per heavy atom. The van der Waals surface area contributed by atoms with Gasteiger partial charge in [-0.15, -0.1) is 0 Å². The Hall–Kier alpha value is -1.88. The van der Waals surface area contributed by atoms with E-state index in [0.29, 0.717) is 11.1 Å². The highest BCUT2D eigenvalue weighted by atomic mass is 16.5. The zero-order valence-electron chi connectivity index (χ0n) is 10.7. The van der Waals surface area contributed by atoms with Crippen molar-refractivity contribution in [3.8, 4) is 0 Å². The maximum absolute atomic E-state index is 11.6. The van der Waals surface area contributed by atoms with Gasteiger partial charge >= 0.3 is 11.9 Å². The largest absolute Gasteiger partial charge is 0.481 e. The summed E-state index contributed by atoms with van der Waals surface area (Å²) >= 11 is 0. The molecule has 5 nitrogen and oxygen atoms in total. The Labute approximate surface area is 106 Å². The van der Waals surface area contributed by atoms with Crippen LogP contribution in [0.4, 0.5) is 0 Å². The maximum atomic E-state index is 11.6. The number of rotatable bonds is 4. The average Bonchev–Trinajstić information content (AvgIpc) is 2.32. The third-order valence-electron chi connectivity index (χ3n) is 3.03. The molecule has 1 aromatic carbocycles. The number of carbonyl (C=O) groups excluding carboxylic acids is 1. The van der Waals surface area contributed by atoms with Gasteiger partial charge < -0.3 is 15.6 Å². The van der Waals surface area contributed by atoms with Crippen LogP contribution in [0.5, 0.6) is 0 Å². The van der Waals surface area contributed by atoms with Crippen molar-refractivity contribution in [2.75, 3.05) is 13.7 Å². The molecule has 0 spiro atoms. The van der Waals surface area contributed by atoms with Gasteiger partial charge in [0.25, 0.3) is 0 Å². The summed E-state index contributed by atoms with van der Waals surface area (Å²) in [4.78, 5) is 22.7. The number of methoxy groups -OCH3 is 1. The maximum Gasteiger partial charge on any atom is 0.338 e. The van der Waals surface area contributed by atoms with E-state index in [2.05, 4.69) is 4.74 Å². The van der Waals surface area contributed by atoms with E-state index in [9.17, 15) is 9.59 Å². The molecule has 18 heavy (non-hydrogen) atoms. The van der Waals surface area contributed by atoms with E-state index in [1.807, 2.05) is 6.92 Å². The first kappa shape index (κ1) is 14.2. The number of nitrogens with two attached hydrogens (primary N) is 1. The molecule has 3 N–H and O–H groups in total. The second-order valence-corrected chi connectivity index (χ2v) is 4.13. The monoisotopic (exact) mass is 251 g/mol. The molecule has 1 unspecified atom stereocenters. The Bertz CT molecular complexity index is 482. The minimum Gasteiger partial charge on any atom is -0.481 e. The first-order valence-corrected chi connectivity index (χ1v) is 5.54. The third-order valence-corrected chi connectivity index (χ3v) is 3.03. The van der Waals surface area contributed by atoms with Crippen LogP contribution in [0.3, 0.4) is 0 Å². The molecule has 0 aromatic heterocycles. The van der Waals surface area contributed by atoms with Gasteiger partial charge in [-0.1, -0.05) is 6.07 Å². The number of aryl methyl sites for hydroxylation is 1. The highest BCUT2D eigenvalue weighted by Crippen LogP contribution is 2.23.